The zero-order chi connectivity index (χ0) is 27.0. The molecule has 0 radical (unpaired) electrons. The highest BCUT2D eigenvalue weighted by molar-refractivity contribution is 6.32. The first-order valence-electron chi connectivity index (χ1n) is 12.7. The predicted octanol–water partition coefficient (Wildman–Crippen LogP) is 3.81. The number of hydrogen-bond donors (Lipinski definition) is 2. The van der Waals surface area contributed by atoms with Gasteiger partial charge in [-0.05, 0) is 46.0 Å². The van der Waals surface area contributed by atoms with Crippen LogP contribution < -0.4 is 20.9 Å². The molecule has 3 aromatic rings. The molecule has 1 aromatic carbocycles. The molecule has 12 heteroatoms. The minimum Gasteiger partial charge on any atom is -0.393 e. The lowest BCUT2D eigenvalue weighted by atomic mass is 10.0. The molecule has 5 rings (SSSR count). The number of ether oxygens (including phenoxy) is 1. The van der Waals surface area contributed by atoms with Crippen molar-refractivity contribution in [3.63, 3.8) is 0 Å². The van der Waals surface area contributed by atoms with Crippen molar-refractivity contribution in [2.24, 2.45) is 0 Å². The van der Waals surface area contributed by atoms with Crippen LogP contribution in [0.25, 0.3) is 11.3 Å². The minimum absolute atomic E-state index is 0.0707. The van der Waals surface area contributed by atoms with Gasteiger partial charge in [-0.25, -0.2) is 24.3 Å². The first-order chi connectivity index (χ1) is 18.2. The Kier molecular flexibility index (Phi) is 7.51. The number of nitrogen functional groups attached to an aromatic ring is 1. The van der Waals surface area contributed by atoms with E-state index in [1.165, 1.54) is 6.33 Å². The molecule has 10 nitrogen and oxygen atoms in total. The van der Waals surface area contributed by atoms with Crippen LogP contribution in [0.3, 0.4) is 0 Å². The summed E-state index contributed by atoms with van der Waals surface area (Å²) in [6.45, 7) is 9.76. The summed E-state index contributed by atoms with van der Waals surface area (Å²) in [6.07, 6.45) is 3.07. The zero-order valence-electron chi connectivity index (χ0n) is 22.0. The van der Waals surface area contributed by atoms with Crippen molar-refractivity contribution >= 4 is 40.4 Å². The van der Waals surface area contributed by atoms with Gasteiger partial charge in [0.2, 0.25) is 5.95 Å². The molecule has 0 aliphatic carbocycles. The van der Waals surface area contributed by atoms with Crippen molar-refractivity contribution in [1.82, 2.24) is 24.8 Å². The summed E-state index contributed by atoms with van der Waals surface area (Å²) in [5.74, 6) is 0.521. The van der Waals surface area contributed by atoms with Crippen LogP contribution >= 0.6 is 11.6 Å². The molecule has 0 spiro atoms. The SMILES string of the molecule is C[C@@H]1CN(c2cc(F)c(-c3ccnc(N4CCO[C@@H](C)C4)n3)cc2Nc2ncnc(Cl)c2N)C[C@H](C)N1C. The largest absolute Gasteiger partial charge is 0.393 e. The number of benzene rings is 1. The van der Waals surface area contributed by atoms with Crippen LogP contribution in [0.2, 0.25) is 5.15 Å². The molecular formula is C26H33ClFN9O. The average Bonchev–Trinajstić information content (AvgIpc) is 2.90. The summed E-state index contributed by atoms with van der Waals surface area (Å²) in [5, 5.41) is 3.43. The molecule has 2 aliphatic heterocycles. The van der Waals surface area contributed by atoms with Crippen molar-refractivity contribution in [2.45, 2.75) is 39.0 Å². The number of nitrogens with two attached hydrogens (primary N) is 1. The monoisotopic (exact) mass is 541 g/mol. The van der Waals surface area contributed by atoms with E-state index in [2.05, 4.69) is 55.9 Å². The fourth-order valence-corrected chi connectivity index (χ4v) is 5.11. The topological polar surface area (TPSA) is 109 Å². The molecule has 2 aromatic heterocycles. The zero-order valence-corrected chi connectivity index (χ0v) is 22.8. The Balaban J connectivity index is 1.57. The molecule has 0 unspecified atom stereocenters. The van der Waals surface area contributed by atoms with Crippen LogP contribution in [0.1, 0.15) is 20.8 Å². The maximum Gasteiger partial charge on any atom is 0.226 e. The quantitative estimate of drug-likeness (QED) is 0.463. The van der Waals surface area contributed by atoms with E-state index >= 15 is 4.39 Å². The summed E-state index contributed by atoms with van der Waals surface area (Å²) in [7, 11) is 2.11. The smallest absolute Gasteiger partial charge is 0.226 e. The van der Waals surface area contributed by atoms with E-state index in [0.717, 1.165) is 13.1 Å². The molecule has 2 saturated heterocycles. The summed E-state index contributed by atoms with van der Waals surface area (Å²) >= 11 is 6.15. The van der Waals surface area contributed by atoms with Crippen molar-refractivity contribution in [2.75, 3.05) is 60.7 Å². The van der Waals surface area contributed by atoms with Gasteiger partial charge in [0.05, 0.1) is 29.8 Å². The molecule has 0 amide bonds. The molecule has 4 heterocycles. The molecule has 3 N–H and O–H groups in total. The lowest BCUT2D eigenvalue weighted by Gasteiger charge is -2.44. The van der Waals surface area contributed by atoms with Crippen LogP contribution in [-0.2, 0) is 4.74 Å². The Morgan fingerprint density at radius 2 is 1.84 bits per heavy atom. The third kappa shape index (κ3) is 5.31. The number of piperazine rings is 1. The van der Waals surface area contributed by atoms with Gasteiger partial charge in [0.15, 0.2) is 11.0 Å². The number of halogens is 2. The van der Waals surface area contributed by atoms with Crippen molar-refractivity contribution in [3.05, 3.63) is 41.7 Å². The van der Waals surface area contributed by atoms with Gasteiger partial charge >= 0.3 is 0 Å². The van der Waals surface area contributed by atoms with Crippen LogP contribution in [0.4, 0.5) is 33.2 Å². The maximum atomic E-state index is 15.8. The van der Waals surface area contributed by atoms with Gasteiger partial charge in [-0.15, -0.1) is 0 Å². The Hall–Kier alpha value is -3.28. The number of hydrogen-bond acceptors (Lipinski definition) is 10. The van der Waals surface area contributed by atoms with Crippen molar-refractivity contribution in [3.8, 4) is 11.3 Å². The second-order valence-corrected chi connectivity index (χ2v) is 10.4. The van der Waals surface area contributed by atoms with Gasteiger partial charge in [0.25, 0.3) is 0 Å². The van der Waals surface area contributed by atoms with Gasteiger partial charge in [0.1, 0.15) is 17.8 Å². The number of anilines is 5. The highest BCUT2D eigenvalue weighted by atomic mass is 35.5. The highest BCUT2D eigenvalue weighted by Crippen LogP contribution is 2.38. The number of rotatable bonds is 5. The van der Waals surface area contributed by atoms with E-state index in [0.29, 0.717) is 54.1 Å². The van der Waals surface area contributed by atoms with Gasteiger partial charge < -0.3 is 25.6 Å². The summed E-state index contributed by atoms with van der Waals surface area (Å²) in [4.78, 5) is 23.9. The van der Waals surface area contributed by atoms with Gasteiger partial charge in [0, 0.05) is 50.0 Å². The second kappa shape index (κ2) is 10.8. The van der Waals surface area contributed by atoms with E-state index in [1.54, 1.807) is 24.4 Å². The number of morpholine rings is 1. The van der Waals surface area contributed by atoms with Crippen LogP contribution in [0.5, 0.6) is 0 Å². The fourth-order valence-electron chi connectivity index (χ4n) is 4.97. The predicted molar refractivity (Wildman–Crippen MR) is 149 cm³/mol. The Morgan fingerprint density at radius 1 is 1.08 bits per heavy atom. The summed E-state index contributed by atoms with van der Waals surface area (Å²) < 4.78 is 21.5. The van der Waals surface area contributed by atoms with Gasteiger partial charge in [-0.1, -0.05) is 11.6 Å². The summed E-state index contributed by atoms with van der Waals surface area (Å²) in [6, 6.07) is 5.59. The highest BCUT2D eigenvalue weighted by Gasteiger charge is 2.29. The van der Waals surface area contributed by atoms with Crippen LogP contribution in [0, 0.1) is 5.82 Å². The normalized spacial score (nSPS) is 22.5. The minimum atomic E-state index is -0.376. The Labute approximate surface area is 227 Å². The lowest BCUT2D eigenvalue weighted by Crippen LogP contribution is -2.55. The van der Waals surface area contributed by atoms with Gasteiger partial charge in [-0.2, -0.15) is 0 Å². The molecule has 2 aliphatic rings. The van der Waals surface area contributed by atoms with E-state index in [1.807, 2.05) is 6.92 Å². The lowest BCUT2D eigenvalue weighted by molar-refractivity contribution is 0.0526. The molecule has 0 saturated carbocycles. The Bertz CT molecular complexity index is 1300. The number of aromatic nitrogens is 4. The van der Waals surface area contributed by atoms with E-state index in [4.69, 9.17) is 27.1 Å². The first kappa shape index (κ1) is 26.3. The summed E-state index contributed by atoms with van der Waals surface area (Å²) in [5.41, 5.74) is 8.56. The van der Waals surface area contributed by atoms with Gasteiger partial charge in [-0.3, -0.25) is 4.90 Å². The van der Waals surface area contributed by atoms with Crippen molar-refractivity contribution < 1.29 is 9.13 Å². The molecule has 0 bridgehead atoms. The van der Waals surface area contributed by atoms with Crippen molar-refractivity contribution in [1.29, 1.82) is 0 Å². The number of likely N-dealkylation sites (N-methyl/N-ethyl adjacent to an activating group) is 1. The fraction of sp³-hybridized carbons (Fsp3) is 0.462. The molecule has 202 valence electrons. The van der Waals surface area contributed by atoms with E-state index < -0.39 is 0 Å². The molecule has 38 heavy (non-hydrogen) atoms. The van der Waals surface area contributed by atoms with E-state index in [9.17, 15) is 0 Å². The maximum absolute atomic E-state index is 15.8. The molecule has 2 fully saturated rings. The van der Waals surface area contributed by atoms with Crippen LogP contribution in [0.15, 0.2) is 30.7 Å². The third-order valence-corrected chi connectivity index (χ3v) is 7.62. The van der Waals surface area contributed by atoms with E-state index in [-0.39, 0.29) is 34.8 Å². The third-order valence-electron chi connectivity index (χ3n) is 7.32. The first-order valence-corrected chi connectivity index (χ1v) is 13.1. The second-order valence-electron chi connectivity index (χ2n) is 10.0. The average molecular weight is 542 g/mol. The standard InChI is InChI=1S/C26H33ClFN9O/c1-15-11-37(12-16(2)35(15)4)22-10-19(28)18(9-21(22)33-25-23(29)24(27)31-14-32-25)20-5-6-30-26(34-20)36-7-8-38-17(3)13-36/h5-6,9-10,14-17H,7-8,11-13,29H2,1-4H3,(H,31,32,33)/t15-,16+,17-/m0/s1. The number of nitrogens with zero attached hydrogens (tertiary/aromatic N) is 7. The number of nitrogens with one attached hydrogen (secondary N) is 1. The molecular weight excluding hydrogens is 509 g/mol. The Morgan fingerprint density at radius 3 is 2.58 bits per heavy atom. The molecule has 3 atom stereocenters. The van der Waals surface area contributed by atoms with Crippen LogP contribution in [-0.4, -0.2) is 82.9 Å².